The van der Waals surface area contributed by atoms with Crippen molar-refractivity contribution in [1.82, 2.24) is 9.88 Å². The molecule has 2 aliphatic heterocycles. The number of anilines is 2. The van der Waals surface area contributed by atoms with Gasteiger partial charge < -0.3 is 9.64 Å². The molecule has 2 aromatic rings. The van der Waals surface area contributed by atoms with Crippen molar-refractivity contribution < 1.29 is 4.74 Å². The fourth-order valence-electron chi connectivity index (χ4n) is 3.52. The summed E-state index contributed by atoms with van der Waals surface area (Å²) < 4.78 is 5.41. The van der Waals surface area contributed by atoms with Crippen LogP contribution in [0, 0.1) is 0 Å². The minimum absolute atomic E-state index is 0.779. The predicted octanol–water partition coefficient (Wildman–Crippen LogP) is 4.84. The largest absolute Gasteiger partial charge is 0.379 e. The van der Waals surface area contributed by atoms with E-state index in [0.29, 0.717) is 0 Å². The second-order valence-corrected chi connectivity index (χ2v) is 8.23. The molecular formula is C20H24ClN3OS. The number of halogens is 1. The summed E-state index contributed by atoms with van der Waals surface area (Å²) in [5, 5.41) is 0.779. The van der Waals surface area contributed by atoms with Crippen molar-refractivity contribution in [2.45, 2.75) is 29.1 Å². The van der Waals surface area contributed by atoms with Crippen molar-refractivity contribution in [3.05, 3.63) is 41.6 Å². The highest BCUT2D eigenvalue weighted by molar-refractivity contribution is 7.99. The number of fused-ring (bicyclic) bond motifs is 2. The Morgan fingerprint density at radius 2 is 1.88 bits per heavy atom. The molecule has 0 unspecified atom stereocenters. The Hall–Kier alpha value is -1.27. The van der Waals surface area contributed by atoms with Gasteiger partial charge in [-0.3, -0.25) is 4.90 Å². The van der Waals surface area contributed by atoms with E-state index in [1.54, 1.807) is 11.8 Å². The zero-order chi connectivity index (χ0) is 17.8. The van der Waals surface area contributed by atoms with Gasteiger partial charge in [0.05, 0.1) is 23.8 Å². The molecule has 0 saturated carbocycles. The lowest BCUT2D eigenvalue weighted by molar-refractivity contribution is 0.0371. The fourth-order valence-corrected chi connectivity index (χ4v) is 4.73. The van der Waals surface area contributed by atoms with E-state index >= 15 is 0 Å². The lowest BCUT2D eigenvalue weighted by Gasteiger charge is -2.32. The van der Waals surface area contributed by atoms with Gasteiger partial charge in [-0.25, -0.2) is 4.98 Å². The number of morpholine rings is 1. The molecule has 0 amide bonds. The zero-order valence-electron chi connectivity index (χ0n) is 14.9. The SMILES string of the molecule is Clc1ccc2c(c1)N(CCCCCN1CCOCC1)c1ncccc1S2. The van der Waals surface area contributed by atoms with Crippen molar-refractivity contribution in [2.75, 3.05) is 44.3 Å². The number of benzene rings is 1. The van der Waals surface area contributed by atoms with Crippen LogP contribution in [0.25, 0.3) is 0 Å². The van der Waals surface area contributed by atoms with Crippen molar-refractivity contribution in [2.24, 2.45) is 0 Å². The van der Waals surface area contributed by atoms with Gasteiger partial charge in [-0.1, -0.05) is 29.8 Å². The summed E-state index contributed by atoms with van der Waals surface area (Å²) in [4.78, 5) is 12.0. The molecule has 0 aliphatic carbocycles. The number of hydrogen-bond acceptors (Lipinski definition) is 5. The van der Waals surface area contributed by atoms with Gasteiger partial charge in [0.15, 0.2) is 0 Å². The van der Waals surface area contributed by atoms with Gasteiger partial charge in [-0.15, -0.1) is 0 Å². The molecule has 2 aliphatic rings. The van der Waals surface area contributed by atoms with Gasteiger partial charge >= 0.3 is 0 Å². The van der Waals surface area contributed by atoms with Crippen LogP contribution in [0.15, 0.2) is 46.3 Å². The molecule has 1 aromatic carbocycles. The third-order valence-corrected chi connectivity index (χ3v) is 6.24. The number of aromatic nitrogens is 1. The van der Waals surface area contributed by atoms with E-state index < -0.39 is 0 Å². The van der Waals surface area contributed by atoms with Crippen LogP contribution in [0.4, 0.5) is 11.5 Å². The Balaban J connectivity index is 1.38. The Morgan fingerprint density at radius 1 is 1.04 bits per heavy atom. The minimum atomic E-state index is 0.779. The summed E-state index contributed by atoms with van der Waals surface area (Å²) in [7, 11) is 0. The average Bonchev–Trinajstić information content (AvgIpc) is 2.68. The van der Waals surface area contributed by atoms with Gasteiger partial charge in [0, 0.05) is 35.7 Å². The molecule has 4 rings (SSSR count). The lowest BCUT2D eigenvalue weighted by Crippen LogP contribution is -2.36. The molecule has 0 spiro atoms. The van der Waals surface area contributed by atoms with Crippen LogP contribution in [0.1, 0.15) is 19.3 Å². The molecule has 138 valence electrons. The third kappa shape index (κ3) is 4.17. The van der Waals surface area contributed by atoms with Crippen molar-refractivity contribution >= 4 is 34.9 Å². The van der Waals surface area contributed by atoms with Crippen LogP contribution < -0.4 is 4.90 Å². The van der Waals surface area contributed by atoms with Gasteiger partial charge in [-0.05, 0) is 49.7 Å². The fraction of sp³-hybridized carbons (Fsp3) is 0.450. The lowest BCUT2D eigenvalue weighted by atomic mass is 10.2. The minimum Gasteiger partial charge on any atom is -0.379 e. The number of unbranched alkanes of at least 4 members (excludes halogenated alkanes) is 2. The molecule has 6 heteroatoms. The molecule has 1 saturated heterocycles. The number of rotatable bonds is 6. The first-order valence-electron chi connectivity index (χ1n) is 9.31. The molecule has 4 nitrogen and oxygen atoms in total. The van der Waals surface area contributed by atoms with Gasteiger partial charge in [0.2, 0.25) is 0 Å². The third-order valence-electron chi connectivity index (χ3n) is 4.90. The maximum atomic E-state index is 6.27. The molecule has 0 atom stereocenters. The number of ether oxygens (including phenoxy) is 1. The topological polar surface area (TPSA) is 28.6 Å². The van der Waals surface area contributed by atoms with Crippen LogP contribution in [0.5, 0.6) is 0 Å². The molecule has 1 fully saturated rings. The Bertz CT molecular complexity index is 752. The molecule has 0 radical (unpaired) electrons. The molecule has 26 heavy (non-hydrogen) atoms. The standard InChI is InChI=1S/C20H24ClN3OS/c21-16-6-7-18-17(15-16)24(20-19(26-18)5-4-8-22-20)10-3-1-2-9-23-11-13-25-14-12-23/h4-8,15H,1-3,9-14H2. The molecule has 1 aromatic heterocycles. The maximum Gasteiger partial charge on any atom is 0.147 e. The average molecular weight is 390 g/mol. The predicted molar refractivity (Wildman–Crippen MR) is 108 cm³/mol. The number of nitrogens with zero attached hydrogens (tertiary/aromatic N) is 3. The van der Waals surface area contributed by atoms with Crippen LogP contribution >= 0.6 is 23.4 Å². The smallest absolute Gasteiger partial charge is 0.147 e. The van der Waals surface area contributed by atoms with E-state index in [9.17, 15) is 0 Å². The normalized spacial score (nSPS) is 17.0. The summed E-state index contributed by atoms with van der Waals surface area (Å²) in [6, 6.07) is 10.3. The number of pyridine rings is 1. The van der Waals surface area contributed by atoms with Crippen molar-refractivity contribution in [1.29, 1.82) is 0 Å². The highest BCUT2D eigenvalue weighted by atomic mass is 35.5. The Kier molecular flexibility index (Phi) is 6.00. The Labute approximate surface area is 164 Å². The summed E-state index contributed by atoms with van der Waals surface area (Å²) in [5.74, 6) is 1.06. The van der Waals surface area contributed by atoms with E-state index in [2.05, 4.69) is 33.0 Å². The first-order valence-corrected chi connectivity index (χ1v) is 10.5. The first kappa shape index (κ1) is 18.1. The van der Waals surface area contributed by atoms with Gasteiger partial charge in [0.1, 0.15) is 5.82 Å². The molecule has 3 heterocycles. The number of hydrogen-bond donors (Lipinski definition) is 0. The van der Waals surface area contributed by atoms with Crippen LogP contribution in [-0.4, -0.2) is 49.3 Å². The summed E-state index contributed by atoms with van der Waals surface area (Å²) in [6.07, 6.45) is 5.48. The molecular weight excluding hydrogens is 366 g/mol. The van der Waals surface area contributed by atoms with E-state index in [1.807, 2.05) is 18.3 Å². The summed E-state index contributed by atoms with van der Waals surface area (Å²) in [6.45, 7) is 6.06. The van der Waals surface area contributed by atoms with E-state index in [-0.39, 0.29) is 0 Å². The molecule has 0 bridgehead atoms. The highest BCUT2D eigenvalue weighted by Gasteiger charge is 2.24. The highest BCUT2D eigenvalue weighted by Crippen LogP contribution is 2.47. The zero-order valence-corrected chi connectivity index (χ0v) is 16.4. The Morgan fingerprint density at radius 3 is 2.77 bits per heavy atom. The van der Waals surface area contributed by atoms with E-state index in [4.69, 9.17) is 16.3 Å². The van der Waals surface area contributed by atoms with Gasteiger partial charge in [-0.2, -0.15) is 0 Å². The van der Waals surface area contributed by atoms with Crippen molar-refractivity contribution in [3.63, 3.8) is 0 Å². The second-order valence-electron chi connectivity index (χ2n) is 6.71. The first-order chi connectivity index (χ1) is 12.8. The van der Waals surface area contributed by atoms with E-state index in [0.717, 1.165) is 50.1 Å². The van der Waals surface area contributed by atoms with Crippen LogP contribution in [0.2, 0.25) is 5.02 Å². The van der Waals surface area contributed by atoms with Crippen molar-refractivity contribution in [3.8, 4) is 0 Å². The quantitative estimate of drug-likeness (QED) is 0.659. The van der Waals surface area contributed by atoms with E-state index in [1.165, 1.54) is 34.9 Å². The maximum absolute atomic E-state index is 6.27. The molecule has 0 N–H and O–H groups in total. The summed E-state index contributed by atoms with van der Waals surface area (Å²) in [5.41, 5.74) is 1.18. The monoisotopic (exact) mass is 389 g/mol. The van der Waals surface area contributed by atoms with Crippen LogP contribution in [-0.2, 0) is 4.74 Å². The van der Waals surface area contributed by atoms with Gasteiger partial charge in [0.25, 0.3) is 0 Å². The van der Waals surface area contributed by atoms with Crippen LogP contribution in [0.3, 0.4) is 0 Å². The summed E-state index contributed by atoms with van der Waals surface area (Å²) >= 11 is 8.04. The second kappa shape index (κ2) is 8.61.